The number of halogens is 1. The standard InChI is InChI=1S/C33H24ClN5O5S2/c34-24-14-12-21(13-15-24)16-28(36-31(41)22-6-2-1-3-7-22)32(42)35-25-9-5-11-27(18-25)45-20-30(40)38-33-37-29(19-46-33)23-8-4-10-26(17-23)39(43)44/h1-19H,20H2,(H,35,42)(H,36,41)(H,37,38,40)/b28-16-. The van der Waals surface area contributed by atoms with Crippen molar-refractivity contribution < 1.29 is 19.3 Å². The summed E-state index contributed by atoms with van der Waals surface area (Å²) in [6, 6.07) is 28.5. The first-order valence-corrected chi connectivity index (χ1v) is 15.9. The smallest absolute Gasteiger partial charge is 0.272 e. The Hall–Kier alpha value is -5.30. The van der Waals surface area contributed by atoms with E-state index in [4.69, 9.17) is 11.6 Å². The van der Waals surface area contributed by atoms with Crippen molar-refractivity contribution in [3.05, 3.63) is 140 Å². The van der Waals surface area contributed by atoms with E-state index >= 15 is 0 Å². The molecule has 10 nitrogen and oxygen atoms in total. The fourth-order valence-corrected chi connectivity index (χ4v) is 5.69. The van der Waals surface area contributed by atoms with E-state index in [9.17, 15) is 24.5 Å². The van der Waals surface area contributed by atoms with Gasteiger partial charge in [-0.3, -0.25) is 24.5 Å². The molecule has 4 aromatic carbocycles. The zero-order valence-electron chi connectivity index (χ0n) is 23.8. The van der Waals surface area contributed by atoms with E-state index in [0.717, 1.165) is 4.90 Å². The number of rotatable bonds is 11. The molecule has 0 unspecified atom stereocenters. The highest BCUT2D eigenvalue weighted by Gasteiger charge is 2.16. The highest BCUT2D eigenvalue weighted by Crippen LogP contribution is 2.28. The van der Waals surface area contributed by atoms with Gasteiger partial charge in [-0.05, 0) is 54.1 Å². The quantitative estimate of drug-likeness (QED) is 0.0571. The average molecular weight is 670 g/mol. The SMILES string of the molecule is O=C(CSc1cccc(NC(=O)/C(=C/c2ccc(Cl)cc2)NC(=O)c2ccccc2)c1)Nc1nc(-c2cccc([N+](=O)[O-])c2)cs1. The van der Waals surface area contributed by atoms with Crippen molar-refractivity contribution in [1.82, 2.24) is 10.3 Å². The molecular weight excluding hydrogens is 646 g/mol. The van der Waals surface area contributed by atoms with Crippen LogP contribution < -0.4 is 16.0 Å². The minimum absolute atomic E-state index is 0.0292. The number of thioether (sulfide) groups is 1. The van der Waals surface area contributed by atoms with Crippen LogP contribution in [-0.4, -0.2) is 33.4 Å². The predicted octanol–water partition coefficient (Wildman–Crippen LogP) is 7.51. The maximum atomic E-state index is 13.4. The maximum absolute atomic E-state index is 13.4. The van der Waals surface area contributed by atoms with Crippen molar-refractivity contribution in [2.45, 2.75) is 4.90 Å². The van der Waals surface area contributed by atoms with Crippen LogP contribution in [-0.2, 0) is 9.59 Å². The number of thiazole rings is 1. The van der Waals surface area contributed by atoms with Gasteiger partial charge >= 0.3 is 0 Å². The van der Waals surface area contributed by atoms with Gasteiger partial charge in [-0.2, -0.15) is 0 Å². The Labute approximate surface area is 276 Å². The van der Waals surface area contributed by atoms with Gasteiger partial charge in [0.1, 0.15) is 5.70 Å². The summed E-state index contributed by atoms with van der Waals surface area (Å²) in [5.41, 5.74) is 2.60. The number of amides is 3. The number of nitrogens with one attached hydrogen (secondary N) is 3. The molecule has 0 saturated heterocycles. The molecule has 1 aromatic heterocycles. The van der Waals surface area contributed by atoms with Gasteiger partial charge in [0.2, 0.25) is 5.91 Å². The summed E-state index contributed by atoms with van der Waals surface area (Å²) in [4.78, 5) is 54.6. The maximum Gasteiger partial charge on any atom is 0.272 e. The van der Waals surface area contributed by atoms with Crippen LogP contribution in [0.25, 0.3) is 17.3 Å². The summed E-state index contributed by atoms with van der Waals surface area (Å²) in [6.45, 7) is 0. The number of carbonyl (C=O) groups is 3. The van der Waals surface area contributed by atoms with Gasteiger partial charge in [0.05, 0.1) is 16.4 Å². The zero-order valence-corrected chi connectivity index (χ0v) is 26.2. The van der Waals surface area contributed by atoms with E-state index in [0.29, 0.717) is 38.2 Å². The van der Waals surface area contributed by atoms with Gasteiger partial charge in [0.25, 0.3) is 17.5 Å². The highest BCUT2D eigenvalue weighted by atomic mass is 35.5. The molecule has 13 heteroatoms. The predicted molar refractivity (Wildman–Crippen MR) is 182 cm³/mol. The van der Waals surface area contributed by atoms with E-state index in [1.54, 1.807) is 102 Å². The molecule has 0 spiro atoms. The van der Waals surface area contributed by atoms with Crippen molar-refractivity contribution in [3.63, 3.8) is 0 Å². The second kappa shape index (κ2) is 15.1. The fraction of sp³-hybridized carbons (Fsp3) is 0.0303. The lowest BCUT2D eigenvalue weighted by Crippen LogP contribution is -2.30. The Morgan fingerprint density at radius 2 is 1.67 bits per heavy atom. The number of anilines is 2. The number of non-ortho nitro benzene ring substituents is 1. The Kier molecular flexibility index (Phi) is 10.6. The first-order valence-electron chi connectivity index (χ1n) is 13.6. The van der Waals surface area contributed by atoms with Crippen molar-refractivity contribution in [2.75, 3.05) is 16.4 Å². The van der Waals surface area contributed by atoms with Gasteiger partial charge in [0.15, 0.2) is 5.13 Å². The number of hydrogen-bond donors (Lipinski definition) is 3. The average Bonchev–Trinajstić information content (AvgIpc) is 3.53. The van der Waals surface area contributed by atoms with Crippen LogP contribution in [0.3, 0.4) is 0 Å². The molecule has 0 saturated carbocycles. The van der Waals surface area contributed by atoms with E-state index in [2.05, 4.69) is 20.9 Å². The molecule has 1 heterocycles. The zero-order chi connectivity index (χ0) is 32.5. The molecule has 0 aliphatic rings. The van der Waals surface area contributed by atoms with Crippen LogP contribution in [0.5, 0.6) is 0 Å². The van der Waals surface area contributed by atoms with Crippen LogP contribution in [0.4, 0.5) is 16.5 Å². The van der Waals surface area contributed by atoms with Crippen LogP contribution in [0.1, 0.15) is 15.9 Å². The van der Waals surface area contributed by atoms with Gasteiger partial charge in [0, 0.05) is 44.2 Å². The Morgan fingerprint density at radius 3 is 2.43 bits per heavy atom. The van der Waals surface area contributed by atoms with Crippen molar-refractivity contribution >= 4 is 75.0 Å². The summed E-state index contributed by atoms with van der Waals surface area (Å²) in [6.07, 6.45) is 1.55. The third kappa shape index (κ3) is 8.88. The van der Waals surface area contributed by atoms with Crippen LogP contribution in [0.15, 0.2) is 119 Å². The van der Waals surface area contributed by atoms with Crippen LogP contribution >= 0.6 is 34.7 Å². The minimum Gasteiger partial charge on any atom is -0.321 e. The Bertz CT molecular complexity index is 1930. The largest absolute Gasteiger partial charge is 0.321 e. The van der Waals surface area contributed by atoms with Gasteiger partial charge < -0.3 is 16.0 Å². The summed E-state index contributed by atoms with van der Waals surface area (Å²) in [5.74, 6) is -1.21. The molecule has 46 heavy (non-hydrogen) atoms. The molecule has 0 fully saturated rings. The summed E-state index contributed by atoms with van der Waals surface area (Å²) < 4.78 is 0. The molecule has 3 N–H and O–H groups in total. The molecule has 0 aliphatic carbocycles. The first kappa shape index (κ1) is 32.1. The number of aromatic nitrogens is 1. The number of benzene rings is 4. The number of nitrogens with zero attached hydrogens (tertiary/aromatic N) is 2. The number of hydrogen-bond acceptors (Lipinski definition) is 8. The van der Waals surface area contributed by atoms with Crippen molar-refractivity contribution in [3.8, 4) is 11.3 Å². The van der Waals surface area contributed by atoms with Gasteiger partial charge in [-0.1, -0.05) is 60.1 Å². The Morgan fingerprint density at radius 1 is 0.913 bits per heavy atom. The van der Waals surface area contributed by atoms with Gasteiger partial charge in [-0.15, -0.1) is 23.1 Å². The molecule has 0 aliphatic heterocycles. The number of nitro benzene ring substituents is 1. The number of nitro groups is 1. The van der Waals surface area contributed by atoms with E-state index < -0.39 is 16.7 Å². The second-order valence-corrected chi connectivity index (χ2v) is 11.9. The lowest BCUT2D eigenvalue weighted by atomic mass is 10.1. The molecule has 0 atom stereocenters. The monoisotopic (exact) mass is 669 g/mol. The van der Waals surface area contributed by atoms with E-state index in [1.165, 1.54) is 35.2 Å². The molecular formula is C33H24ClN5O5S2. The van der Waals surface area contributed by atoms with Crippen LogP contribution in [0, 0.1) is 10.1 Å². The van der Waals surface area contributed by atoms with Crippen molar-refractivity contribution in [2.24, 2.45) is 0 Å². The lowest BCUT2D eigenvalue weighted by Gasteiger charge is -2.12. The molecule has 5 rings (SSSR count). The normalized spacial score (nSPS) is 11.0. The summed E-state index contributed by atoms with van der Waals surface area (Å²) >= 11 is 8.47. The minimum atomic E-state index is -0.539. The van der Waals surface area contributed by atoms with Crippen molar-refractivity contribution in [1.29, 1.82) is 0 Å². The van der Waals surface area contributed by atoms with Crippen LogP contribution in [0.2, 0.25) is 5.02 Å². The second-order valence-electron chi connectivity index (χ2n) is 9.59. The fourth-order valence-electron chi connectivity index (χ4n) is 4.08. The third-order valence-electron chi connectivity index (χ3n) is 6.27. The third-order valence-corrected chi connectivity index (χ3v) is 8.28. The molecule has 230 valence electrons. The molecule has 3 amide bonds. The summed E-state index contributed by atoms with van der Waals surface area (Å²) in [7, 11) is 0. The Balaban J connectivity index is 1.22. The molecule has 5 aromatic rings. The lowest BCUT2D eigenvalue weighted by molar-refractivity contribution is -0.384. The van der Waals surface area contributed by atoms with E-state index in [-0.39, 0.29) is 23.0 Å². The first-order chi connectivity index (χ1) is 22.2. The number of carbonyl (C=O) groups excluding carboxylic acids is 3. The molecule has 0 bridgehead atoms. The topological polar surface area (TPSA) is 143 Å². The summed E-state index contributed by atoms with van der Waals surface area (Å²) in [5, 5.41) is 22.0. The molecule has 0 radical (unpaired) electrons. The van der Waals surface area contributed by atoms with Gasteiger partial charge in [-0.25, -0.2) is 4.98 Å². The highest BCUT2D eigenvalue weighted by molar-refractivity contribution is 8.00. The van der Waals surface area contributed by atoms with E-state index in [1.807, 2.05) is 0 Å².